The Labute approximate surface area is 175 Å². The summed E-state index contributed by atoms with van der Waals surface area (Å²) in [4.78, 5) is 18.1. The highest BCUT2D eigenvalue weighted by Gasteiger charge is 2.20. The number of hydrogen-bond acceptors (Lipinski definition) is 2. The van der Waals surface area contributed by atoms with E-state index in [0.29, 0.717) is 19.5 Å². The Bertz CT molecular complexity index is 852. The minimum Gasteiger partial charge on any atom is -0.352 e. The van der Waals surface area contributed by atoms with Crippen LogP contribution in [0.1, 0.15) is 42.5 Å². The average Bonchev–Trinajstić information content (AvgIpc) is 3.10. The molecule has 1 unspecified atom stereocenters. The monoisotopic (exact) mass is 442 g/mol. The first-order chi connectivity index (χ1) is 13.6. The van der Waals surface area contributed by atoms with Crippen molar-refractivity contribution in [3.8, 4) is 0 Å². The molecule has 1 atom stereocenters. The molecule has 28 heavy (non-hydrogen) atoms. The summed E-state index contributed by atoms with van der Waals surface area (Å²) in [6.45, 7) is 4.34. The van der Waals surface area contributed by atoms with Crippen LogP contribution in [0, 0.1) is 0 Å². The summed E-state index contributed by atoms with van der Waals surface area (Å²) in [5.41, 5.74) is 3.52. The fourth-order valence-corrected chi connectivity index (χ4v) is 4.05. The summed E-state index contributed by atoms with van der Waals surface area (Å²) >= 11 is 3.60. The molecule has 0 saturated carbocycles. The van der Waals surface area contributed by atoms with Gasteiger partial charge < -0.3 is 15.5 Å². The standard InChI is InChI=1S/C22H27BrN4O/c1-16(19-9-3-4-10-20(19)23)26-22(24-2)25-14-17-7-5-8-18(13-17)15-27-12-6-11-21(27)28/h3-5,7-10,13,16H,6,11-12,14-15H2,1-2H3,(H2,24,25,26). The molecular formula is C22H27BrN4O. The number of nitrogens with zero attached hydrogens (tertiary/aromatic N) is 2. The van der Waals surface area contributed by atoms with Crippen LogP contribution in [-0.4, -0.2) is 30.4 Å². The van der Waals surface area contributed by atoms with Gasteiger partial charge in [-0.15, -0.1) is 0 Å². The largest absolute Gasteiger partial charge is 0.352 e. The third-order valence-electron chi connectivity index (χ3n) is 4.94. The van der Waals surface area contributed by atoms with E-state index in [2.05, 4.69) is 62.7 Å². The van der Waals surface area contributed by atoms with Crippen LogP contribution in [0.4, 0.5) is 0 Å². The first-order valence-electron chi connectivity index (χ1n) is 9.64. The number of nitrogens with one attached hydrogen (secondary N) is 2. The van der Waals surface area contributed by atoms with Crippen molar-refractivity contribution in [2.45, 2.75) is 38.9 Å². The predicted molar refractivity (Wildman–Crippen MR) is 117 cm³/mol. The van der Waals surface area contributed by atoms with E-state index in [1.807, 2.05) is 29.2 Å². The molecule has 1 saturated heterocycles. The molecule has 1 aliphatic heterocycles. The van der Waals surface area contributed by atoms with Crippen molar-refractivity contribution >= 4 is 27.8 Å². The molecule has 0 bridgehead atoms. The molecule has 1 aliphatic rings. The topological polar surface area (TPSA) is 56.7 Å². The van der Waals surface area contributed by atoms with Gasteiger partial charge in [-0.2, -0.15) is 0 Å². The molecule has 148 valence electrons. The number of halogens is 1. The number of hydrogen-bond donors (Lipinski definition) is 2. The lowest BCUT2D eigenvalue weighted by atomic mass is 10.1. The quantitative estimate of drug-likeness (QED) is 0.524. The second-order valence-electron chi connectivity index (χ2n) is 7.05. The summed E-state index contributed by atoms with van der Waals surface area (Å²) in [5, 5.41) is 6.81. The molecule has 0 radical (unpaired) electrons. The van der Waals surface area contributed by atoms with E-state index >= 15 is 0 Å². The van der Waals surface area contributed by atoms with E-state index in [1.165, 1.54) is 16.7 Å². The normalized spacial score (nSPS) is 15.6. The highest BCUT2D eigenvalue weighted by atomic mass is 79.9. The van der Waals surface area contributed by atoms with Gasteiger partial charge in [0.1, 0.15) is 0 Å². The number of benzene rings is 2. The van der Waals surface area contributed by atoms with Gasteiger partial charge in [0.2, 0.25) is 5.91 Å². The van der Waals surface area contributed by atoms with E-state index in [1.54, 1.807) is 7.05 Å². The van der Waals surface area contributed by atoms with Crippen LogP contribution in [0.3, 0.4) is 0 Å². The van der Waals surface area contributed by atoms with Gasteiger partial charge in [-0.1, -0.05) is 58.4 Å². The van der Waals surface area contributed by atoms with Crippen LogP contribution >= 0.6 is 15.9 Å². The van der Waals surface area contributed by atoms with Crippen molar-refractivity contribution in [2.75, 3.05) is 13.6 Å². The SMILES string of the molecule is CN=C(NCc1cccc(CN2CCCC2=O)c1)NC(C)c1ccccc1Br. The molecule has 2 aromatic carbocycles. The summed E-state index contributed by atoms with van der Waals surface area (Å²) < 4.78 is 1.08. The van der Waals surface area contributed by atoms with Crippen LogP contribution in [0.25, 0.3) is 0 Å². The number of carbonyl (C=O) groups excluding carboxylic acids is 1. The number of guanidine groups is 1. The Morgan fingerprint density at radius 3 is 2.71 bits per heavy atom. The minimum absolute atomic E-state index is 0.120. The molecule has 3 rings (SSSR count). The van der Waals surface area contributed by atoms with E-state index in [9.17, 15) is 4.79 Å². The summed E-state index contributed by atoms with van der Waals surface area (Å²) in [5.74, 6) is 1.01. The molecule has 0 aliphatic carbocycles. The lowest BCUT2D eigenvalue weighted by Gasteiger charge is -2.20. The maximum absolute atomic E-state index is 11.8. The fourth-order valence-electron chi connectivity index (χ4n) is 3.42. The van der Waals surface area contributed by atoms with Crippen LogP contribution in [0.15, 0.2) is 58.0 Å². The van der Waals surface area contributed by atoms with Gasteiger partial charge in [-0.05, 0) is 36.1 Å². The third-order valence-corrected chi connectivity index (χ3v) is 5.67. The number of rotatable bonds is 6. The van der Waals surface area contributed by atoms with Gasteiger partial charge in [-0.3, -0.25) is 9.79 Å². The average molecular weight is 443 g/mol. The highest BCUT2D eigenvalue weighted by Crippen LogP contribution is 2.22. The van der Waals surface area contributed by atoms with Crippen LogP contribution in [0.5, 0.6) is 0 Å². The van der Waals surface area contributed by atoms with Crippen LogP contribution in [-0.2, 0) is 17.9 Å². The van der Waals surface area contributed by atoms with Gasteiger partial charge in [0, 0.05) is 37.6 Å². The minimum atomic E-state index is 0.120. The first kappa shape index (κ1) is 20.4. The van der Waals surface area contributed by atoms with Crippen molar-refractivity contribution in [1.29, 1.82) is 0 Å². The number of aliphatic imine (C=N–C) groups is 1. The maximum Gasteiger partial charge on any atom is 0.222 e. The van der Waals surface area contributed by atoms with Gasteiger partial charge in [0.15, 0.2) is 5.96 Å². The molecular weight excluding hydrogens is 416 g/mol. The lowest BCUT2D eigenvalue weighted by molar-refractivity contribution is -0.128. The highest BCUT2D eigenvalue weighted by molar-refractivity contribution is 9.10. The number of amides is 1. The summed E-state index contributed by atoms with van der Waals surface area (Å²) in [6.07, 6.45) is 1.65. The summed E-state index contributed by atoms with van der Waals surface area (Å²) in [6, 6.07) is 16.7. The van der Waals surface area contributed by atoms with Crippen molar-refractivity contribution in [3.63, 3.8) is 0 Å². The van der Waals surface area contributed by atoms with Gasteiger partial charge in [0.25, 0.3) is 0 Å². The lowest BCUT2D eigenvalue weighted by Crippen LogP contribution is -2.38. The molecule has 6 heteroatoms. The predicted octanol–water partition coefficient (Wildman–Crippen LogP) is 4.00. The van der Waals surface area contributed by atoms with Crippen LogP contribution in [0.2, 0.25) is 0 Å². The first-order valence-corrected chi connectivity index (χ1v) is 10.4. The smallest absolute Gasteiger partial charge is 0.222 e. The van der Waals surface area contributed by atoms with Gasteiger partial charge in [-0.25, -0.2) is 0 Å². The van der Waals surface area contributed by atoms with Gasteiger partial charge >= 0.3 is 0 Å². The fraction of sp³-hybridized carbons (Fsp3) is 0.364. The Kier molecular flexibility index (Phi) is 7.09. The zero-order valence-corrected chi connectivity index (χ0v) is 18.0. The molecule has 2 N–H and O–H groups in total. The molecule has 1 heterocycles. The van der Waals surface area contributed by atoms with E-state index < -0.39 is 0 Å². The molecule has 1 fully saturated rings. The number of carbonyl (C=O) groups is 1. The Morgan fingerprint density at radius 2 is 2.00 bits per heavy atom. The van der Waals surface area contributed by atoms with E-state index in [0.717, 1.165) is 23.4 Å². The molecule has 1 amide bonds. The Hall–Kier alpha value is -2.34. The molecule has 2 aromatic rings. The molecule has 0 spiro atoms. The van der Waals surface area contributed by atoms with E-state index in [-0.39, 0.29) is 11.9 Å². The zero-order chi connectivity index (χ0) is 19.9. The van der Waals surface area contributed by atoms with Crippen molar-refractivity contribution < 1.29 is 4.79 Å². The Balaban J connectivity index is 1.57. The molecule has 5 nitrogen and oxygen atoms in total. The third kappa shape index (κ3) is 5.35. The summed E-state index contributed by atoms with van der Waals surface area (Å²) in [7, 11) is 1.78. The zero-order valence-electron chi connectivity index (χ0n) is 16.4. The number of likely N-dealkylation sites (tertiary alicyclic amines) is 1. The molecule has 0 aromatic heterocycles. The maximum atomic E-state index is 11.8. The van der Waals surface area contributed by atoms with Crippen molar-refractivity contribution in [3.05, 3.63) is 69.7 Å². The van der Waals surface area contributed by atoms with Crippen molar-refractivity contribution in [2.24, 2.45) is 4.99 Å². The second-order valence-corrected chi connectivity index (χ2v) is 7.91. The second kappa shape index (κ2) is 9.73. The van der Waals surface area contributed by atoms with Crippen LogP contribution < -0.4 is 10.6 Å². The van der Waals surface area contributed by atoms with Crippen molar-refractivity contribution in [1.82, 2.24) is 15.5 Å². The van der Waals surface area contributed by atoms with Gasteiger partial charge in [0.05, 0.1) is 6.04 Å². The van der Waals surface area contributed by atoms with E-state index in [4.69, 9.17) is 0 Å². The Morgan fingerprint density at radius 1 is 1.21 bits per heavy atom.